The van der Waals surface area contributed by atoms with Crippen molar-refractivity contribution >= 4 is 11.4 Å². The van der Waals surface area contributed by atoms with Gasteiger partial charge in [-0.3, -0.25) is 10.1 Å². The second-order valence-electron chi connectivity index (χ2n) is 4.44. The summed E-state index contributed by atoms with van der Waals surface area (Å²) >= 11 is 0. The molecule has 2 N–H and O–H groups in total. The second kappa shape index (κ2) is 5.03. The van der Waals surface area contributed by atoms with Gasteiger partial charge in [-0.05, 0) is 18.9 Å². The van der Waals surface area contributed by atoms with E-state index in [1.165, 1.54) is 24.6 Å². The zero-order valence-electron chi connectivity index (χ0n) is 9.56. The molecule has 0 aromatic heterocycles. The number of nitro benzene ring substituents is 1. The van der Waals surface area contributed by atoms with E-state index in [0.29, 0.717) is 5.69 Å². The van der Waals surface area contributed by atoms with E-state index in [0.717, 1.165) is 25.7 Å². The van der Waals surface area contributed by atoms with Crippen LogP contribution in [0.25, 0.3) is 0 Å². The van der Waals surface area contributed by atoms with Crippen LogP contribution in [-0.4, -0.2) is 16.1 Å². The number of rotatable bonds is 3. The number of hydrogen-bond acceptors (Lipinski definition) is 4. The van der Waals surface area contributed by atoms with Gasteiger partial charge in [-0.15, -0.1) is 0 Å². The summed E-state index contributed by atoms with van der Waals surface area (Å²) in [6, 6.07) is 4.38. The summed E-state index contributed by atoms with van der Waals surface area (Å²) in [6.45, 7) is 0. The van der Waals surface area contributed by atoms with Crippen LogP contribution in [0.15, 0.2) is 18.2 Å². The van der Waals surface area contributed by atoms with E-state index in [2.05, 4.69) is 5.32 Å². The molecule has 2 rings (SSSR count). The lowest BCUT2D eigenvalue weighted by Gasteiger charge is -2.23. The third kappa shape index (κ3) is 2.87. The molecule has 0 heterocycles. The van der Waals surface area contributed by atoms with Crippen LogP contribution in [0.5, 0.6) is 5.75 Å². The van der Waals surface area contributed by atoms with Gasteiger partial charge in [0.05, 0.1) is 4.92 Å². The number of anilines is 1. The fraction of sp³-hybridized carbons (Fsp3) is 0.500. The molecule has 0 unspecified atom stereocenters. The molecule has 5 heteroatoms. The first kappa shape index (κ1) is 11.7. The van der Waals surface area contributed by atoms with E-state index in [1.54, 1.807) is 0 Å². The van der Waals surface area contributed by atoms with Crippen LogP contribution in [-0.2, 0) is 0 Å². The van der Waals surface area contributed by atoms with Gasteiger partial charge in [0.15, 0.2) is 0 Å². The Morgan fingerprint density at radius 2 is 2.00 bits per heavy atom. The molecule has 1 aliphatic rings. The highest BCUT2D eigenvalue weighted by molar-refractivity contribution is 5.64. The SMILES string of the molecule is O=[N+]([O-])c1ccc(O)cc1NC1CCCCC1. The zero-order valence-corrected chi connectivity index (χ0v) is 9.56. The van der Waals surface area contributed by atoms with Gasteiger partial charge in [0.2, 0.25) is 0 Å². The molecule has 5 nitrogen and oxygen atoms in total. The van der Waals surface area contributed by atoms with Crippen LogP contribution in [0.2, 0.25) is 0 Å². The quantitative estimate of drug-likeness (QED) is 0.624. The smallest absolute Gasteiger partial charge is 0.292 e. The van der Waals surface area contributed by atoms with Crippen LogP contribution in [0.3, 0.4) is 0 Å². The van der Waals surface area contributed by atoms with Gasteiger partial charge < -0.3 is 10.4 Å². The Labute approximate surface area is 99.6 Å². The lowest BCUT2D eigenvalue weighted by molar-refractivity contribution is -0.384. The number of nitro groups is 1. The number of hydrogen-bond donors (Lipinski definition) is 2. The molecule has 0 bridgehead atoms. The maximum atomic E-state index is 10.9. The molecule has 17 heavy (non-hydrogen) atoms. The number of nitrogens with one attached hydrogen (secondary N) is 1. The van der Waals surface area contributed by atoms with Crippen molar-refractivity contribution in [1.82, 2.24) is 0 Å². The summed E-state index contributed by atoms with van der Waals surface area (Å²) in [5, 5.41) is 23.4. The number of nitrogens with zero attached hydrogens (tertiary/aromatic N) is 1. The third-order valence-electron chi connectivity index (χ3n) is 3.14. The summed E-state index contributed by atoms with van der Waals surface area (Å²) in [5.41, 5.74) is 0.440. The molecule has 0 spiro atoms. The predicted octanol–water partition coefficient (Wildman–Crippen LogP) is 3.05. The summed E-state index contributed by atoms with van der Waals surface area (Å²) in [6.07, 6.45) is 5.62. The Morgan fingerprint density at radius 3 is 2.65 bits per heavy atom. The van der Waals surface area contributed by atoms with Crippen molar-refractivity contribution in [2.24, 2.45) is 0 Å². The molecule has 1 fully saturated rings. The normalized spacial score (nSPS) is 16.7. The van der Waals surface area contributed by atoms with Crippen molar-refractivity contribution in [2.45, 2.75) is 38.1 Å². The topological polar surface area (TPSA) is 75.4 Å². The van der Waals surface area contributed by atoms with Crippen molar-refractivity contribution in [3.8, 4) is 5.75 Å². The zero-order chi connectivity index (χ0) is 12.3. The summed E-state index contributed by atoms with van der Waals surface area (Å²) in [7, 11) is 0. The number of aromatic hydroxyl groups is 1. The van der Waals surface area contributed by atoms with E-state index in [1.807, 2.05) is 0 Å². The maximum Gasteiger partial charge on any atom is 0.292 e. The van der Waals surface area contributed by atoms with E-state index in [4.69, 9.17) is 0 Å². The highest BCUT2D eigenvalue weighted by Gasteiger charge is 2.19. The Hall–Kier alpha value is -1.78. The molecule has 1 aromatic carbocycles. The van der Waals surface area contributed by atoms with Crippen LogP contribution < -0.4 is 5.32 Å². The minimum atomic E-state index is -0.426. The molecule has 1 aromatic rings. The standard InChI is InChI=1S/C12H16N2O3/c15-10-6-7-12(14(16)17)11(8-10)13-9-4-2-1-3-5-9/h6-9,13,15H,1-5H2. The minimum absolute atomic E-state index is 0.0216. The molecular weight excluding hydrogens is 220 g/mol. The van der Waals surface area contributed by atoms with E-state index in [9.17, 15) is 15.2 Å². The molecule has 0 saturated heterocycles. The predicted molar refractivity (Wildman–Crippen MR) is 65.3 cm³/mol. The number of benzene rings is 1. The van der Waals surface area contributed by atoms with Crippen LogP contribution in [0.1, 0.15) is 32.1 Å². The summed E-state index contributed by atoms with van der Waals surface area (Å²) < 4.78 is 0. The fourth-order valence-corrected chi connectivity index (χ4v) is 2.27. The Bertz CT molecular complexity index is 414. The number of phenols is 1. The largest absolute Gasteiger partial charge is 0.508 e. The fourth-order valence-electron chi connectivity index (χ4n) is 2.27. The molecule has 0 aliphatic heterocycles. The highest BCUT2D eigenvalue weighted by atomic mass is 16.6. The van der Waals surface area contributed by atoms with Crippen molar-refractivity contribution in [1.29, 1.82) is 0 Å². The second-order valence-corrected chi connectivity index (χ2v) is 4.44. The van der Waals surface area contributed by atoms with E-state index >= 15 is 0 Å². The Morgan fingerprint density at radius 1 is 1.29 bits per heavy atom. The number of phenolic OH excluding ortho intramolecular Hbond substituents is 1. The molecule has 1 aliphatic carbocycles. The molecule has 0 amide bonds. The Kier molecular flexibility index (Phi) is 3.46. The van der Waals surface area contributed by atoms with Crippen LogP contribution in [0.4, 0.5) is 11.4 Å². The van der Waals surface area contributed by atoms with Gasteiger partial charge in [0.1, 0.15) is 11.4 Å². The average molecular weight is 236 g/mol. The van der Waals surface area contributed by atoms with Gasteiger partial charge in [0.25, 0.3) is 5.69 Å². The summed E-state index contributed by atoms with van der Waals surface area (Å²) in [5.74, 6) is 0.0499. The van der Waals surface area contributed by atoms with E-state index < -0.39 is 4.92 Å². The van der Waals surface area contributed by atoms with Gasteiger partial charge in [-0.1, -0.05) is 19.3 Å². The van der Waals surface area contributed by atoms with Gasteiger partial charge in [-0.2, -0.15) is 0 Å². The lowest BCUT2D eigenvalue weighted by Crippen LogP contribution is -2.22. The van der Waals surface area contributed by atoms with Crippen molar-refractivity contribution in [2.75, 3.05) is 5.32 Å². The summed E-state index contributed by atoms with van der Waals surface area (Å²) in [4.78, 5) is 10.4. The Balaban J connectivity index is 2.17. The third-order valence-corrected chi connectivity index (χ3v) is 3.14. The minimum Gasteiger partial charge on any atom is -0.508 e. The average Bonchev–Trinajstić information content (AvgIpc) is 2.30. The first-order valence-electron chi connectivity index (χ1n) is 5.91. The van der Waals surface area contributed by atoms with Crippen LogP contribution >= 0.6 is 0 Å². The van der Waals surface area contributed by atoms with Crippen molar-refractivity contribution < 1.29 is 10.0 Å². The van der Waals surface area contributed by atoms with E-state index in [-0.39, 0.29) is 17.5 Å². The van der Waals surface area contributed by atoms with Gasteiger partial charge >= 0.3 is 0 Å². The molecule has 1 saturated carbocycles. The first-order valence-corrected chi connectivity index (χ1v) is 5.91. The van der Waals surface area contributed by atoms with Gasteiger partial charge in [0, 0.05) is 18.2 Å². The maximum absolute atomic E-state index is 10.9. The molecule has 0 atom stereocenters. The first-order chi connectivity index (χ1) is 8.16. The van der Waals surface area contributed by atoms with Crippen molar-refractivity contribution in [3.05, 3.63) is 28.3 Å². The van der Waals surface area contributed by atoms with Gasteiger partial charge in [-0.25, -0.2) is 0 Å². The lowest BCUT2D eigenvalue weighted by atomic mass is 9.95. The molecule has 92 valence electrons. The monoisotopic (exact) mass is 236 g/mol. The van der Waals surface area contributed by atoms with Crippen LogP contribution in [0, 0.1) is 10.1 Å². The highest BCUT2D eigenvalue weighted by Crippen LogP contribution is 2.31. The van der Waals surface area contributed by atoms with Crippen molar-refractivity contribution in [3.63, 3.8) is 0 Å². The molecular formula is C12H16N2O3. The molecule has 0 radical (unpaired) electrons.